The molecule has 0 saturated carbocycles. The molecule has 8 heteroatoms. The minimum atomic E-state index is -4.51. The summed E-state index contributed by atoms with van der Waals surface area (Å²) in [6, 6.07) is 6.84. The minimum Gasteiger partial charge on any atom is -0.573 e. The number of thiophene rings is 2. The van der Waals surface area contributed by atoms with Gasteiger partial charge in [-0.05, 0) is 53.6 Å². The Kier molecular flexibility index (Phi) is 5.74. The third kappa shape index (κ3) is 4.23. The van der Waals surface area contributed by atoms with Crippen molar-refractivity contribution >= 4 is 32.1 Å². The van der Waals surface area contributed by atoms with Crippen LogP contribution in [0.15, 0.2) is 35.8 Å². The Balaban J connectivity index is 1.68. The Morgan fingerprint density at radius 3 is 2.72 bits per heavy atom. The molecule has 0 bridgehead atoms. The molecule has 0 aliphatic rings. The Hall–Kier alpha value is -2.19. The molecule has 4 aromatic heterocycles. The lowest BCUT2D eigenvalue weighted by Crippen LogP contribution is -2.04. The predicted octanol–water partition coefficient (Wildman–Crippen LogP) is 7.19. The highest BCUT2D eigenvalue weighted by Crippen LogP contribution is 2.42. The van der Waals surface area contributed by atoms with Crippen molar-refractivity contribution in [2.24, 2.45) is 0 Å². The summed E-state index contributed by atoms with van der Waals surface area (Å²) in [6.07, 6.45) is 2.86. The second-order valence-electron chi connectivity index (χ2n) is 6.88. The van der Waals surface area contributed by atoms with Gasteiger partial charge in [0, 0.05) is 16.5 Å². The summed E-state index contributed by atoms with van der Waals surface area (Å²) in [6.45, 7) is 2.20. The number of hydrogen-bond donors (Lipinski definition) is 0. The second kappa shape index (κ2) is 8.28. The van der Waals surface area contributed by atoms with Gasteiger partial charge in [-0.3, -0.25) is 4.98 Å². The summed E-state index contributed by atoms with van der Waals surface area (Å²) in [4.78, 5) is 5.39. The van der Waals surface area contributed by atoms with E-state index in [9.17, 15) is 13.2 Å². The zero-order valence-corrected chi connectivity index (χ0v) is 17.4. The molecule has 4 heterocycles. The van der Waals surface area contributed by atoms with E-state index in [1.807, 2.05) is 12.1 Å². The Labute approximate surface area is 174 Å². The summed E-state index contributed by atoms with van der Waals surface area (Å²) in [7, 11) is 0. The lowest BCUT2D eigenvalue weighted by Gasteiger charge is -2.09. The molecule has 0 aromatic carbocycles. The topological polar surface area (TPSA) is 39.9 Å². The molecule has 0 fully saturated rings. The molecule has 0 atom stereocenters. The van der Waals surface area contributed by atoms with E-state index in [2.05, 4.69) is 33.6 Å². The molecule has 0 aliphatic heterocycles. The lowest BCUT2D eigenvalue weighted by atomic mass is 10.0. The van der Waals surface area contributed by atoms with Gasteiger partial charge in [0.1, 0.15) is 5.69 Å². The summed E-state index contributed by atoms with van der Waals surface area (Å²) in [5.41, 5.74) is 1.84. The first-order valence-electron chi connectivity index (χ1n) is 9.50. The maximum atomic E-state index is 12.8. The zero-order chi connectivity index (χ0) is 20.4. The van der Waals surface area contributed by atoms with Crippen LogP contribution in [0, 0.1) is 0 Å². The highest BCUT2D eigenvalue weighted by Gasteiger charge is 2.31. The zero-order valence-electron chi connectivity index (χ0n) is 15.8. The minimum absolute atomic E-state index is 0.141. The van der Waals surface area contributed by atoms with Crippen LogP contribution in [0.5, 0.6) is 0 Å². The van der Waals surface area contributed by atoms with Crippen molar-refractivity contribution in [1.29, 1.82) is 0 Å². The van der Waals surface area contributed by atoms with Gasteiger partial charge in [-0.25, -0.2) is 0 Å². The molecule has 29 heavy (non-hydrogen) atoms. The van der Waals surface area contributed by atoms with E-state index in [4.69, 9.17) is 0 Å². The van der Waals surface area contributed by atoms with Crippen LogP contribution in [0.1, 0.15) is 43.9 Å². The van der Waals surface area contributed by atoms with Crippen LogP contribution in [-0.2, 0) is 12.6 Å². The summed E-state index contributed by atoms with van der Waals surface area (Å²) >= 11 is 3.46. The van der Waals surface area contributed by atoms with E-state index >= 15 is 0 Å². The van der Waals surface area contributed by atoms with Crippen molar-refractivity contribution in [3.63, 3.8) is 0 Å². The SMILES string of the molecule is CCCCCCc1c(-c2ccnc(-c3cc(C(F)(F)F)n[n-]3)c2)sc2sccc12. The molecule has 4 aromatic rings. The quantitative estimate of drug-likeness (QED) is 0.289. The number of pyridine rings is 1. The molecule has 0 radical (unpaired) electrons. The van der Waals surface area contributed by atoms with Gasteiger partial charge >= 0.3 is 6.18 Å². The standard InChI is InChI=1S/C21H19F3N3S2/c1-2-3-4-5-6-14-15-8-10-28-20(15)29-19(14)13-7-9-25-16(11-13)17-12-18(27-26-17)21(22,23)24/h7-12H,2-6H2,1H3/q-1. The third-order valence-corrected chi connectivity index (χ3v) is 7.15. The van der Waals surface area contributed by atoms with Gasteiger partial charge < -0.3 is 10.2 Å². The number of unbranched alkanes of at least 4 members (excludes halogenated alkanes) is 3. The summed E-state index contributed by atoms with van der Waals surface area (Å²) in [5, 5.41) is 10.3. The van der Waals surface area contributed by atoms with Gasteiger partial charge in [0.05, 0.1) is 9.71 Å². The van der Waals surface area contributed by atoms with Crippen molar-refractivity contribution in [2.45, 2.75) is 45.2 Å². The van der Waals surface area contributed by atoms with E-state index in [0.29, 0.717) is 5.69 Å². The number of halogens is 3. The number of rotatable bonds is 7. The summed E-state index contributed by atoms with van der Waals surface area (Å²) in [5.74, 6) is 0. The molecular weight excluding hydrogens is 415 g/mol. The largest absolute Gasteiger partial charge is 0.573 e. The van der Waals surface area contributed by atoms with Crippen molar-refractivity contribution in [3.05, 3.63) is 47.1 Å². The molecule has 152 valence electrons. The number of aromatic nitrogens is 3. The highest BCUT2D eigenvalue weighted by atomic mass is 32.2. The van der Waals surface area contributed by atoms with Crippen molar-refractivity contribution in [2.75, 3.05) is 0 Å². The van der Waals surface area contributed by atoms with Crippen LogP contribution in [-0.4, -0.2) is 10.1 Å². The fourth-order valence-corrected chi connectivity index (χ4v) is 5.68. The van der Waals surface area contributed by atoms with Gasteiger partial charge in [0.2, 0.25) is 0 Å². The first-order chi connectivity index (χ1) is 14.0. The number of fused-ring (bicyclic) bond motifs is 1. The first-order valence-corrected chi connectivity index (χ1v) is 11.2. The second-order valence-corrected chi connectivity index (χ2v) is 9.08. The number of alkyl halides is 3. The van der Waals surface area contributed by atoms with Crippen LogP contribution in [0.4, 0.5) is 13.2 Å². The maximum Gasteiger partial charge on any atom is 0.431 e. The normalized spacial score (nSPS) is 12.1. The Morgan fingerprint density at radius 2 is 1.97 bits per heavy atom. The van der Waals surface area contributed by atoms with E-state index in [0.717, 1.165) is 24.5 Å². The molecule has 0 spiro atoms. The van der Waals surface area contributed by atoms with Crippen LogP contribution < -0.4 is 5.10 Å². The fraction of sp³-hybridized carbons (Fsp3) is 0.333. The fourth-order valence-electron chi connectivity index (χ4n) is 3.36. The van der Waals surface area contributed by atoms with E-state index in [1.165, 1.54) is 39.1 Å². The van der Waals surface area contributed by atoms with Crippen molar-refractivity contribution in [1.82, 2.24) is 15.2 Å². The lowest BCUT2D eigenvalue weighted by molar-refractivity contribution is -0.141. The molecular formula is C21H19F3N3S2-. The van der Waals surface area contributed by atoms with Crippen LogP contribution in [0.3, 0.4) is 0 Å². The Bertz CT molecular complexity index is 1110. The Morgan fingerprint density at radius 1 is 1.10 bits per heavy atom. The first kappa shape index (κ1) is 20.1. The molecule has 0 N–H and O–H groups in total. The van der Waals surface area contributed by atoms with Gasteiger partial charge in [-0.15, -0.1) is 22.7 Å². The molecule has 0 amide bonds. The molecule has 0 unspecified atom stereocenters. The van der Waals surface area contributed by atoms with Gasteiger partial charge in [0.25, 0.3) is 0 Å². The third-order valence-electron chi connectivity index (χ3n) is 4.82. The highest BCUT2D eigenvalue weighted by molar-refractivity contribution is 7.39. The van der Waals surface area contributed by atoms with E-state index < -0.39 is 11.9 Å². The summed E-state index contributed by atoms with van der Waals surface area (Å²) < 4.78 is 39.8. The smallest absolute Gasteiger partial charge is 0.431 e. The van der Waals surface area contributed by atoms with Crippen molar-refractivity contribution < 1.29 is 13.2 Å². The van der Waals surface area contributed by atoms with E-state index in [1.54, 1.807) is 28.9 Å². The maximum absolute atomic E-state index is 12.8. The van der Waals surface area contributed by atoms with Crippen LogP contribution >= 0.6 is 22.7 Å². The average molecular weight is 435 g/mol. The van der Waals surface area contributed by atoms with Crippen LogP contribution in [0.2, 0.25) is 0 Å². The number of aryl methyl sites for hydroxylation is 1. The van der Waals surface area contributed by atoms with Gasteiger partial charge in [-0.2, -0.15) is 13.2 Å². The number of nitrogens with zero attached hydrogens (tertiary/aromatic N) is 3. The van der Waals surface area contributed by atoms with E-state index in [-0.39, 0.29) is 5.69 Å². The van der Waals surface area contributed by atoms with Gasteiger partial charge in [-0.1, -0.05) is 31.9 Å². The van der Waals surface area contributed by atoms with Crippen molar-refractivity contribution in [3.8, 4) is 21.8 Å². The molecule has 0 saturated heterocycles. The predicted molar refractivity (Wildman–Crippen MR) is 112 cm³/mol. The van der Waals surface area contributed by atoms with Crippen LogP contribution in [0.25, 0.3) is 31.2 Å². The average Bonchev–Trinajstić information content (AvgIpc) is 3.41. The monoisotopic (exact) mass is 434 g/mol. The van der Waals surface area contributed by atoms with Gasteiger partial charge in [0.15, 0.2) is 0 Å². The number of hydrogen-bond acceptors (Lipinski definition) is 4. The molecule has 4 rings (SSSR count). The molecule has 0 aliphatic carbocycles. The molecule has 3 nitrogen and oxygen atoms in total.